The normalized spacial score (nSPS) is 11.0. The molecule has 0 spiro atoms. The second kappa shape index (κ2) is 6.91. The van der Waals surface area contributed by atoms with Crippen molar-refractivity contribution >= 4 is 28.7 Å². The number of non-ortho nitro benzene ring substituents is 1. The average molecular weight is 320 g/mol. The maximum absolute atomic E-state index is 10.6. The van der Waals surface area contributed by atoms with E-state index < -0.39 is 4.92 Å². The lowest BCUT2D eigenvalue weighted by Gasteiger charge is -2.04. The molecule has 1 aromatic heterocycles. The van der Waals surface area contributed by atoms with Crippen molar-refractivity contribution in [3.8, 4) is 5.75 Å². The van der Waals surface area contributed by atoms with Gasteiger partial charge in [0.2, 0.25) is 0 Å². The molecule has 0 N–H and O–H groups in total. The first kappa shape index (κ1) is 15.7. The molecule has 0 radical (unpaired) electrons. The van der Waals surface area contributed by atoms with E-state index in [1.165, 1.54) is 12.1 Å². The van der Waals surface area contributed by atoms with Gasteiger partial charge in [-0.15, -0.1) is 0 Å². The highest BCUT2D eigenvalue weighted by Gasteiger charge is 2.02. The van der Waals surface area contributed by atoms with Crippen LogP contribution in [0.2, 0.25) is 0 Å². The zero-order valence-corrected chi connectivity index (χ0v) is 13.2. The lowest BCUT2D eigenvalue weighted by molar-refractivity contribution is -0.384. The van der Waals surface area contributed by atoms with Gasteiger partial charge < -0.3 is 4.74 Å². The fourth-order valence-electron chi connectivity index (χ4n) is 2.36. The first-order valence-corrected chi connectivity index (χ1v) is 7.62. The van der Waals surface area contributed by atoms with E-state index in [1.807, 2.05) is 49.4 Å². The first-order valence-electron chi connectivity index (χ1n) is 7.62. The van der Waals surface area contributed by atoms with Crippen LogP contribution < -0.4 is 4.74 Å². The largest absolute Gasteiger partial charge is 0.494 e. The minimum absolute atomic E-state index is 0.0843. The topological polar surface area (TPSA) is 65.3 Å². The molecule has 0 bridgehead atoms. The van der Waals surface area contributed by atoms with E-state index in [4.69, 9.17) is 4.74 Å². The molecule has 5 heteroatoms. The van der Waals surface area contributed by atoms with Gasteiger partial charge in [0.05, 0.1) is 22.7 Å². The van der Waals surface area contributed by atoms with Crippen LogP contribution in [0, 0.1) is 10.1 Å². The molecular weight excluding hydrogens is 304 g/mol. The van der Waals surface area contributed by atoms with Crippen LogP contribution in [0.25, 0.3) is 23.1 Å². The van der Waals surface area contributed by atoms with Crippen molar-refractivity contribution in [2.75, 3.05) is 6.61 Å². The lowest BCUT2D eigenvalue weighted by Crippen LogP contribution is -1.91. The monoisotopic (exact) mass is 320 g/mol. The molecule has 0 aliphatic rings. The summed E-state index contributed by atoms with van der Waals surface area (Å²) >= 11 is 0. The van der Waals surface area contributed by atoms with Crippen LogP contribution in [0.15, 0.2) is 54.6 Å². The van der Waals surface area contributed by atoms with Crippen LogP contribution in [-0.4, -0.2) is 16.5 Å². The van der Waals surface area contributed by atoms with Crippen molar-refractivity contribution in [2.24, 2.45) is 0 Å². The van der Waals surface area contributed by atoms with Gasteiger partial charge in [0, 0.05) is 17.5 Å². The molecule has 1 heterocycles. The molecule has 0 atom stereocenters. The van der Waals surface area contributed by atoms with Crippen molar-refractivity contribution in [3.63, 3.8) is 0 Å². The Balaban J connectivity index is 1.81. The number of ether oxygens (including phenoxy) is 1. The summed E-state index contributed by atoms with van der Waals surface area (Å²) in [5, 5.41) is 11.7. The summed E-state index contributed by atoms with van der Waals surface area (Å²) in [7, 11) is 0. The summed E-state index contributed by atoms with van der Waals surface area (Å²) in [5.41, 5.74) is 2.68. The second-order valence-electron chi connectivity index (χ2n) is 5.21. The molecule has 0 amide bonds. The van der Waals surface area contributed by atoms with Crippen molar-refractivity contribution in [1.82, 2.24) is 4.98 Å². The Bertz CT molecular complexity index is 902. The number of hydrogen-bond acceptors (Lipinski definition) is 4. The van der Waals surface area contributed by atoms with Crippen LogP contribution in [-0.2, 0) is 0 Å². The number of nitro benzene ring substituents is 1. The van der Waals surface area contributed by atoms with Crippen molar-refractivity contribution in [1.29, 1.82) is 0 Å². The predicted molar refractivity (Wildman–Crippen MR) is 94.9 cm³/mol. The van der Waals surface area contributed by atoms with E-state index in [2.05, 4.69) is 4.98 Å². The van der Waals surface area contributed by atoms with Gasteiger partial charge in [-0.25, -0.2) is 4.98 Å². The Labute approximate surface area is 139 Å². The Morgan fingerprint density at radius 1 is 1.08 bits per heavy atom. The molecule has 24 heavy (non-hydrogen) atoms. The van der Waals surface area contributed by atoms with Crippen molar-refractivity contribution < 1.29 is 9.66 Å². The highest BCUT2D eigenvalue weighted by atomic mass is 16.6. The summed E-state index contributed by atoms with van der Waals surface area (Å²) in [4.78, 5) is 14.8. The van der Waals surface area contributed by atoms with E-state index in [0.717, 1.165) is 27.9 Å². The van der Waals surface area contributed by atoms with Crippen LogP contribution in [0.5, 0.6) is 5.75 Å². The second-order valence-corrected chi connectivity index (χ2v) is 5.21. The third-order valence-electron chi connectivity index (χ3n) is 3.54. The molecule has 0 saturated carbocycles. The van der Waals surface area contributed by atoms with E-state index in [9.17, 15) is 10.1 Å². The molecule has 0 unspecified atom stereocenters. The van der Waals surface area contributed by atoms with E-state index in [0.29, 0.717) is 6.61 Å². The molecule has 3 aromatic rings. The molecule has 0 saturated heterocycles. The zero-order chi connectivity index (χ0) is 16.9. The molecule has 0 aliphatic carbocycles. The number of hydrogen-bond donors (Lipinski definition) is 0. The first-order chi connectivity index (χ1) is 11.7. The van der Waals surface area contributed by atoms with Gasteiger partial charge >= 0.3 is 0 Å². The van der Waals surface area contributed by atoms with Gasteiger partial charge in [-0.05, 0) is 55.0 Å². The van der Waals surface area contributed by atoms with Gasteiger partial charge in [-0.3, -0.25) is 10.1 Å². The van der Waals surface area contributed by atoms with Crippen LogP contribution >= 0.6 is 0 Å². The quantitative estimate of drug-likeness (QED) is 0.504. The number of aromatic nitrogens is 1. The standard InChI is InChI=1S/C19H16N2O3/c1-2-24-18-11-12-19-15(13-18)6-8-16(20-19)7-3-14-4-9-17(10-5-14)21(22)23/h3-13H,2H2,1H3. The summed E-state index contributed by atoms with van der Waals surface area (Å²) in [5.74, 6) is 0.834. The maximum Gasteiger partial charge on any atom is 0.269 e. The molecule has 3 rings (SSSR count). The number of pyridine rings is 1. The average Bonchev–Trinajstić information content (AvgIpc) is 2.60. The Kier molecular flexibility index (Phi) is 4.52. The summed E-state index contributed by atoms with van der Waals surface area (Å²) in [6, 6.07) is 16.1. The molecule has 120 valence electrons. The van der Waals surface area contributed by atoms with Gasteiger partial charge in [0.25, 0.3) is 5.69 Å². The molecular formula is C19H16N2O3. The fourth-order valence-corrected chi connectivity index (χ4v) is 2.36. The van der Waals surface area contributed by atoms with E-state index >= 15 is 0 Å². The van der Waals surface area contributed by atoms with Crippen molar-refractivity contribution in [3.05, 3.63) is 76.0 Å². The highest BCUT2D eigenvalue weighted by molar-refractivity contribution is 5.82. The predicted octanol–water partition coefficient (Wildman–Crippen LogP) is 4.71. The molecule has 5 nitrogen and oxygen atoms in total. The number of nitrogens with zero attached hydrogens (tertiary/aromatic N) is 2. The Hall–Kier alpha value is -3.21. The molecule has 0 fully saturated rings. The van der Waals surface area contributed by atoms with E-state index in [-0.39, 0.29) is 5.69 Å². The van der Waals surface area contributed by atoms with Gasteiger partial charge in [0.15, 0.2) is 0 Å². The third kappa shape index (κ3) is 3.57. The number of nitro groups is 1. The number of rotatable bonds is 5. The van der Waals surface area contributed by atoms with Crippen LogP contribution in [0.3, 0.4) is 0 Å². The van der Waals surface area contributed by atoms with E-state index in [1.54, 1.807) is 12.1 Å². The SMILES string of the molecule is CCOc1ccc2nc(C=Cc3ccc([N+](=O)[O-])cc3)ccc2c1. The fraction of sp³-hybridized carbons (Fsp3) is 0.105. The highest BCUT2D eigenvalue weighted by Crippen LogP contribution is 2.21. The minimum Gasteiger partial charge on any atom is -0.494 e. The number of fused-ring (bicyclic) bond motifs is 1. The minimum atomic E-state index is -0.408. The van der Waals surface area contributed by atoms with Crippen LogP contribution in [0.4, 0.5) is 5.69 Å². The van der Waals surface area contributed by atoms with Gasteiger partial charge in [0.1, 0.15) is 5.75 Å². The lowest BCUT2D eigenvalue weighted by atomic mass is 10.1. The maximum atomic E-state index is 10.6. The smallest absolute Gasteiger partial charge is 0.269 e. The number of benzene rings is 2. The summed E-state index contributed by atoms with van der Waals surface area (Å²) < 4.78 is 5.49. The van der Waals surface area contributed by atoms with Crippen molar-refractivity contribution in [2.45, 2.75) is 6.92 Å². The zero-order valence-electron chi connectivity index (χ0n) is 13.2. The van der Waals surface area contributed by atoms with Crippen LogP contribution in [0.1, 0.15) is 18.2 Å². The third-order valence-corrected chi connectivity index (χ3v) is 3.54. The summed E-state index contributed by atoms with van der Waals surface area (Å²) in [6.45, 7) is 2.59. The molecule has 2 aromatic carbocycles. The van der Waals surface area contributed by atoms with Gasteiger partial charge in [-0.2, -0.15) is 0 Å². The Morgan fingerprint density at radius 2 is 1.88 bits per heavy atom. The molecule has 0 aliphatic heterocycles. The Morgan fingerprint density at radius 3 is 2.58 bits per heavy atom. The summed E-state index contributed by atoms with van der Waals surface area (Å²) in [6.07, 6.45) is 3.77. The van der Waals surface area contributed by atoms with Gasteiger partial charge in [-0.1, -0.05) is 12.1 Å².